The summed E-state index contributed by atoms with van der Waals surface area (Å²) in [5.41, 5.74) is 0. The monoisotopic (exact) mass is 332 g/mol. The molecular weight excluding hydrogens is 300 g/mol. The molecule has 3 atom stereocenters. The van der Waals surface area contributed by atoms with Gasteiger partial charge in [-0.3, -0.25) is 4.79 Å². The molecule has 1 saturated carbocycles. The molecule has 1 aliphatic heterocycles. The van der Waals surface area contributed by atoms with Crippen LogP contribution in [0.1, 0.15) is 46.5 Å². The summed E-state index contributed by atoms with van der Waals surface area (Å²) in [7, 11) is 0. The van der Waals surface area contributed by atoms with Crippen LogP contribution in [0.15, 0.2) is 0 Å². The lowest BCUT2D eigenvalue weighted by atomic mass is 9.75. The topological polar surface area (TPSA) is 41.6 Å². The first-order chi connectivity index (χ1) is 10.1. The van der Waals surface area contributed by atoms with Crippen molar-refractivity contribution in [3.05, 3.63) is 0 Å². The van der Waals surface area contributed by atoms with Gasteiger partial charge >= 0.3 is 0 Å². The highest BCUT2D eigenvalue weighted by atomic mass is 35.5. The maximum atomic E-state index is 12.3. The van der Waals surface area contributed by atoms with Crippen LogP contribution in [-0.4, -0.2) is 49.7 Å². The predicted molar refractivity (Wildman–Crippen MR) is 92.4 cm³/mol. The van der Waals surface area contributed by atoms with E-state index < -0.39 is 0 Å². The Morgan fingerprint density at radius 1 is 1.27 bits per heavy atom. The first-order valence-electron chi connectivity index (χ1n) is 8.68. The number of amides is 1. The van der Waals surface area contributed by atoms with Gasteiger partial charge in [-0.1, -0.05) is 27.2 Å². The molecular formula is C17H33ClN2O2. The number of carbonyl (C=O) groups excluding carboxylic acids is 1. The van der Waals surface area contributed by atoms with Crippen LogP contribution in [0.4, 0.5) is 0 Å². The molecule has 4 nitrogen and oxygen atoms in total. The maximum absolute atomic E-state index is 12.3. The molecule has 5 heteroatoms. The molecule has 0 aromatic heterocycles. The van der Waals surface area contributed by atoms with Gasteiger partial charge < -0.3 is 15.0 Å². The van der Waals surface area contributed by atoms with Crippen molar-refractivity contribution in [1.82, 2.24) is 10.2 Å². The first kappa shape index (κ1) is 19.7. The van der Waals surface area contributed by atoms with Crippen molar-refractivity contribution in [3.8, 4) is 0 Å². The second-order valence-corrected chi connectivity index (χ2v) is 7.16. The Kier molecular flexibility index (Phi) is 8.73. The van der Waals surface area contributed by atoms with Crippen molar-refractivity contribution in [2.75, 3.05) is 32.8 Å². The smallest absolute Gasteiger partial charge is 0.248 e. The van der Waals surface area contributed by atoms with Crippen molar-refractivity contribution in [3.63, 3.8) is 0 Å². The number of carbonyl (C=O) groups is 1. The van der Waals surface area contributed by atoms with E-state index in [-0.39, 0.29) is 31.0 Å². The first-order valence-corrected chi connectivity index (χ1v) is 8.68. The van der Waals surface area contributed by atoms with E-state index in [0.29, 0.717) is 11.8 Å². The molecule has 0 radical (unpaired) electrons. The molecule has 0 aromatic carbocycles. The van der Waals surface area contributed by atoms with Crippen LogP contribution >= 0.6 is 12.4 Å². The van der Waals surface area contributed by atoms with Gasteiger partial charge in [0.25, 0.3) is 0 Å². The van der Waals surface area contributed by atoms with Gasteiger partial charge in [0.1, 0.15) is 6.61 Å². The zero-order valence-electron chi connectivity index (χ0n) is 14.3. The quantitative estimate of drug-likeness (QED) is 0.860. The largest absolute Gasteiger partial charge is 0.368 e. The fourth-order valence-electron chi connectivity index (χ4n) is 3.67. The Balaban J connectivity index is 0.00000242. The summed E-state index contributed by atoms with van der Waals surface area (Å²) < 4.78 is 6.07. The lowest BCUT2D eigenvalue weighted by Crippen LogP contribution is -2.40. The van der Waals surface area contributed by atoms with E-state index in [4.69, 9.17) is 4.74 Å². The average molecular weight is 333 g/mol. The van der Waals surface area contributed by atoms with Gasteiger partial charge in [-0.15, -0.1) is 12.4 Å². The highest BCUT2D eigenvalue weighted by Gasteiger charge is 2.32. The van der Waals surface area contributed by atoms with Crippen molar-refractivity contribution in [1.29, 1.82) is 0 Å². The third kappa shape index (κ3) is 5.71. The van der Waals surface area contributed by atoms with Crippen LogP contribution < -0.4 is 5.32 Å². The molecule has 3 unspecified atom stereocenters. The molecule has 2 rings (SSSR count). The Bertz CT molecular complexity index is 331. The summed E-state index contributed by atoms with van der Waals surface area (Å²) in [6, 6.07) is 0. The van der Waals surface area contributed by atoms with E-state index in [1.807, 2.05) is 4.90 Å². The molecule has 1 heterocycles. The standard InChI is InChI=1S/C17H32N2O2.ClH/c1-13(2)15-6-5-14(3)11-16(15)21-12-17(20)19-9-4-7-18-8-10-19;/h13-16,18H,4-12H2,1-3H3;1H. The summed E-state index contributed by atoms with van der Waals surface area (Å²) in [5, 5.41) is 3.33. The average Bonchev–Trinajstić information content (AvgIpc) is 2.73. The van der Waals surface area contributed by atoms with Gasteiger partial charge in [-0.05, 0) is 43.6 Å². The van der Waals surface area contributed by atoms with Gasteiger partial charge in [-0.25, -0.2) is 0 Å². The van der Waals surface area contributed by atoms with Crippen LogP contribution in [0.2, 0.25) is 0 Å². The number of nitrogens with zero attached hydrogens (tertiary/aromatic N) is 1. The highest BCUT2D eigenvalue weighted by molar-refractivity contribution is 5.85. The van der Waals surface area contributed by atoms with Crippen molar-refractivity contribution < 1.29 is 9.53 Å². The van der Waals surface area contributed by atoms with Gasteiger partial charge in [0.15, 0.2) is 0 Å². The zero-order valence-corrected chi connectivity index (χ0v) is 15.2. The minimum atomic E-state index is 0. The van der Waals surface area contributed by atoms with Crippen LogP contribution in [0, 0.1) is 17.8 Å². The van der Waals surface area contributed by atoms with Crippen LogP contribution in [0.25, 0.3) is 0 Å². The Labute approximate surface area is 141 Å². The summed E-state index contributed by atoms with van der Waals surface area (Å²) in [6.45, 7) is 10.7. The fraction of sp³-hybridized carbons (Fsp3) is 0.941. The number of halogens is 1. The Morgan fingerprint density at radius 2 is 2.05 bits per heavy atom. The zero-order chi connectivity index (χ0) is 15.2. The number of hydrogen-bond acceptors (Lipinski definition) is 3. The number of rotatable bonds is 4. The molecule has 2 aliphatic rings. The normalized spacial score (nSPS) is 29.8. The Hall–Kier alpha value is -0.320. The van der Waals surface area contributed by atoms with E-state index in [1.54, 1.807) is 0 Å². The van der Waals surface area contributed by atoms with Crippen LogP contribution in [-0.2, 0) is 9.53 Å². The van der Waals surface area contributed by atoms with Gasteiger partial charge in [-0.2, -0.15) is 0 Å². The van der Waals surface area contributed by atoms with E-state index >= 15 is 0 Å². The van der Waals surface area contributed by atoms with Crippen LogP contribution in [0.3, 0.4) is 0 Å². The van der Waals surface area contributed by atoms with Crippen molar-refractivity contribution in [2.45, 2.75) is 52.6 Å². The summed E-state index contributed by atoms with van der Waals surface area (Å²) in [6.07, 6.45) is 4.96. The summed E-state index contributed by atoms with van der Waals surface area (Å²) in [5.74, 6) is 2.14. The lowest BCUT2D eigenvalue weighted by Gasteiger charge is -2.37. The summed E-state index contributed by atoms with van der Waals surface area (Å²) >= 11 is 0. The van der Waals surface area contributed by atoms with Gasteiger partial charge in [0.2, 0.25) is 5.91 Å². The predicted octanol–water partition coefficient (Wildman–Crippen LogP) is 2.71. The third-order valence-corrected chi connectivity index (χ3v) is 5.07. The molecule has 1 amide bonds. The molecule has 1 N–H and O–H groups in total. The fourth-order valence-corrected chi connectivity index (χ4v) is 3.67. The number of ether oxygens (including phenoxy) is 1. The van der Waals surface area contributed by atoms with E-state index in [1.165, 1.54) is 12.8 Å². The van der Waals surface area contributed by atoms with E-state index in [2.05, 4.69) is 26.1 Å². The SMILES string of the molecule is CC1CCC(C(C)C)C(OCC(=O)N2CCCNCC2)C1.Cl. The second kappa shape index (κ2) is 9.74. The summed E-state index contributed by atoms with van der Waals surface area (Å²) in [4.78, 5) is 14.3. The lowest BCUT2D eigenvalue weighted by molar-refractivity contribution is -0.141. The molecule has 2 fully saturated rings. The van der Waals surface area contributed by atoms with Crippen molar-refractivity contribution >= 4 is 18.3 Å². The molecule has 1 saturated heterocycles. The number of hydrogen-bond donors (Lipinski definition) is 1. The maximum Gasteiger partial charge on any atom is 0.248 e. The third-order valence-electron chi connectivity index (χ3n) is 5.07. The molecule has 22 heavy (non-hydrogen) atoms. The Morgan fingerprint density at radius 3 is 2.77 bits per heavy atom. The van der Waals surface area contributed by atoms with Crippen LogP contribution in [0.5, 0.6) is 0 Å². The van der Waals surface area contributed by atoms with Gasteiger partial charge in [0, 0.05) is 19.6 Å². The number of nitrogens with one attached hydrogen (secondary N) is 1. The molecule has 0 aromatic rings. The van der Waals surface area contributed by atoms with Crippen molar-refractivity contribution in [2.24, 2.45) is 17.8 Å². The molecule has 0 bridgehead atoms. The molecule has 130 valence electrons. The molecule has 0 spiro atoms. The molecule has 1 aliphatic carbocycles. The van der Waals surface area contributed by atoms with E-state index in [0.717, 1.165) is 44.9 Å². The van der Waals surface area contributed by atoms with E-state index in [9.17, 15) is 4.79 Å². The van der Waals surface area contributed by atoms with Gasteiger partial charge in [0.05, 0.1) is 6.10 Å². The minimum Gasteiger partial charge on any atom is -0.368 e. The highest BCUT2D eigenvalue weighted by Crippen LogP contribution is 2.35. The minimum absolute atomic E-state index is 0. The second-order valence-electron chi connectivity index (χ2n) is 7.16.